The van der Waals surface area contributed by atoms with Gasteiger partial charge in [0.05, 0.1) is 12.1 Å². The lowest BCUT2D eigenvalue weighted by molar-refractivity contribution is -0.136. The van der Waals surface area contributed by atoms with Gasteiger partial charge in [-0.3, -0.25) is 4.79 Å². The highest BCUT2D eigenvalue weighted by molar-refractivity contribution is 6.31. The van der Waals surface area contributed by atoms with Crippen molar-refractivity contribution < 1.29 is 18.7 Å². The Morgan fingerprint density at radius 1 is 1.23 bits per heavy atom. The first-order valence-electron chi connectivity index (χ1n) is 6.66. The quantitative estimate of drug-likeness (QED) is 0.793. The molecule has 0 heterocycles. The molecule has 0 bridgehead atoms. The van der Waals surface area contributed by atoms with E-state index in [1.54, 1.807) is 12.1 Å². The number of aliphatic carboxylic acids is 1. The summed E-state index contributed by atoms with van der Waals surface area (Å²) in [5.74, 6) is -2.76. The van der Waals surface area contributed by atoms with Crippen molar-refractivity contribution in [2.45, 2.75) is 19.8 Å². The van der Waals surface area contributed by atoms with Crippen LogP contribution in [0.5, 0.6) is 0 Å². The number of carboxylic acid groups (broad SMARTS) is 1. The first-order chi connectivity index (χ1) is 10.4. The normalized spacial score (nSPS) is 10.5. The van der Waals surface area contributed by atoms with Crippen molar-refractivity contribution in [2.24, 2.45) is 0 Å². The summed E-state index contributed by atoms with van der Waals surface area (Å²) in [6.07, 6.45) is 0.552. The molecule has 0 aromatic heterocycles. The van der Waals surface area contributed by atoms with E-state index >= 15 is 0 Å². The zero-order valence-corrected chi connectivity index (χ0v) is 12.5. The van der Waals surface area contributed by atoms with Gasteiger partial charge in [-0.05, 0) is 35.7 Å². The van der Waals surface area contributed by atoms with Crippen molar-refractivity contribution in [1.29, 1.82) is 0 Å². The lowest BCUT2D eigenvalue weighted by atomic mass is 10.0. The van der Waals surface area contributed by atoms with Crippen LogP contribution in [0.25, 0.3) is 0 Å². The van der Waals surface area contributed by atoms with Crippen LogP contribution in [0.3, 0.4) is 0 Å². The van der Waals surface area contributed by atoms with Crippen molar-refractivity contribution >= 4 is 28.9 Å². The zero-order chi connectivity index (χ0) is 16.3. The molecule has 0 aliphatic carbocycles. The number of hydrogen-bond donors (Lipinski definition) is 2. The molecular formula is C16H14ClF2NO2. The van der Waals surface area contributed by atoms with Gasteiger partial charge in [0.25, 0.3) is 0 Å². The minimum atomic E-state index is -0.992. The average Bonchev–Trinajstić information content (AvgIpc) is 2.48. The smallest absolute Gasteiger partial charge is 0.307 e. The summed E-state index contributed by atoms with van der Waals surface area (Å²) in [5, 5.41) is 11.2. The second-order valence-electron chi connectivity index (χ2n) is 4.76. The van der Waals surface area contributed by atoms with Gasteiger partial charge in [-0.1, -0.05) is 30.7 Å². The molecule has 0 spiro atoms. The van der Waals surface area contributed by atoms with Crippen molar-refractivity contribution in [3.63, 3.8) is 0 Å². The molecule has 2 rings (SSSR count). The number of rotatable bonds is 5. The van der Waals surface area contributed by atoms with Gasteiger partial charge in [-0.25, -0.2) is 8.78 Å². The number of halogens is 3. The number of anilines is 2. The Morgan fingerprint density at radius 2 is 1.91 bits per heavy atom. The number of nitrogens with one attached hydrogen (secondary N) is 1. The Hall–Kier alpha value is -2.14. The van der Waals surface area contributed by atoms with E-state index in [9.17, 15) is 13.6 Å². The zero-order valence-electron chi connectivity index (χ0n) is 11.8. The summed E-state index contributed by atoms with van der Waals surface area (Å²) in [4.78, 5) is 11.0. The fraction of sp³-hybridized carbons (Fsp3) is 0.188. The predicted octanol–water partition coefficient (Wildman–Crippen LogP) is 4.55. The van der Waals surface area contributed by atoms with Gasteiger partial charge >= 0.3 is 5.97 Å². The summed E-state index contributed by atoms with van der Waals surface area (Å²) in [7, 11) is 0. The molecule has 0 unspecified atom stereocenters. The summed E-state index contributed by atoms with van der Waals surface area (Å²) < 4.78 is 27.1. The largest absolute Gasteiger partial charge is 0.481 e. The second kappa shape index (κ2) is 6.75. The standard InChI is InChI=1S/C16H14ClF2NO2/c1-2-9-3-5-12(10(7-9)8-14(21)22)20-13-6-4-11(18)15(17)16(13)19/h3-7,20H,2,8H2,1H3,(H,21,22). The first-order valence-corrected chi connectivity index (χ1v) is 7.04. The fourth-order valence-electron chi connectivity index (χ4n) is 2.07. The SMILES string of the molecule is CCc1ccc(Nc2ccc(F)c(Cl)c2F)c(CC(=O)O)c1. The van der Waals surface area contributed by atoms with Crippen molar-refractivity contribution in [2.75, 3.05) is 5.32 Å². The molecule has 6 heteroatoms. The second-order valence-corrected chi connectivity index (χ2v) is 5.14. The summed E-state index contributed by atoms with van der Waals surface area (Å²) in [6.45, 7) is 1.95. The molecular weight excluding hydrogens is 312 g/mol. The van der Waals surface area contributed by atoms with Crippen LogP contribution in [0.4, 0.5) is 20.2 Å². The van der Waals surface area contributed by atoms with E-state index in [-0.39, 0.29) is 12.1 Å². The van der Waals surface area contributed by atoms with E-state index in [4.69, 9.17) is 16.7 Å². The van der Waals surface area contributed by atoms with E-state index in [1.807, 2.05) is 13.0 Å². The number of aryl methyl sites for hydroxylation is 1. The molecule has 2 N–H and O–H groups in total. The Labute approximate surface area is 131 Å². The molecule has 0 aliphatic heterocycles. The lowest BCUT2D eigenvalue weighted by Gasteiger charge is -2.14. The third-order valence-electron chi connectivity index (χ3n) is 3.22. The Bertz CT molecular complexity index is 720. The topological polar surface area (TPSA) is 49.3 Å². The number of carboxylic acids is 1. The minimum absolute atomic E-state index is 0.0118. The van der Waals surface area contributed by atoms with Crippen LogP contribution in [0.2, 0.25) is 5.02 Å². The van der Waals surface area contributed by atoms with Crippen molar-refractivity contribution in [3.05, 3.63) is 58.1 Å². The van der Waals surface area contributed by atoms with E-state index in [1.165, 1.54) is 6.07 Å². The van der Waals surface area contributed by atoms with E-state index < -0.39 is 22.6 Å². The van der Waals surface area contributed by atoms with Crippen molar-refractivity contribution in [3.8, 4) is 0 Å². The van der Waals surface area contributed by atoms with Crippen LogP contribution < -0.4 is 5.32 Å². The maximum Gasteiger partial charge on any atom is 0.307 e. The maximum absolute atomic E-state index is 13.9. The number of hydrogen-bond acceptors (Lipinski definition) is 2. The molecule has 0 radical (unpaired) electrons. The van der Waals surface area contributed by atoms with Gasteiger partial charge in [0, 0.05) is 5.69 Å². The molecule has 0 saturated heterocycles. The van der Waals surface area contributed by atoms with Gasteiger partial charge in [0.1, 0.15) is 10.8 Å². The van der Waals surface area contributed by atoms with Gasteiger partial charge in [-0.2, -0.15) is 0 Å². The van der Waals surface area contributed by atoms with Gasteiger partial charge in [-0.15, -0.1) is 0 Å². The molecule has 2 aromatic rings. The average molecular weight is 326 g/mol. The molecule has 0 saturated carbocycles. The minimum Gasteiger partial charge on any atom is -0.481 e. The lowest BCUT2D eigenvalue weighted by Crippen LogP contribution is -2.05. The Balaban J connectivity index is 2.40. The highest BCUT2D eigenvalue weighted by Crippen LogP contribution is 2.29. The highest BCUT2D eigenvalue weighted by Gasteiger charge is 2.14. The van der Waals surface area contributed by atoms with E-state index in [0.717, 1.165) is 18.1 Å². The fourth-order valence-corrected chi connectivity index (χ4v) is 2.23. The summed E-state index contributed by atoms with van der Waals surface area (Å²) in [5.41, 5.74) is 1.93. The third kappa shape index (κ3) is 3.54. The molecule has 0 aliphatic rings. The van der Waals surface area contributed by atoms with E-state index in [2.05, 4.69) is 5.32 Å². The van der Waals surface area contributed by atoms with Gasteiger partial charge < -0.3 is 10.4 Å². The molecule has 2 aromatic carbocycles. The monoisotopic (exact) mass is 325 g/mol. The van der Waals surface area contributed by atoms with Crippen LogP contribution in [-0.2, 0) is 17.6 Å². The number of carbonyl (C=O) groups is 1. The van der Waals surface area contributed by atoms with Crippen molar-refractivity contribution in [1.82, 2.24) is 0 Å². The third-order valence-corrected chi connectivity index (χ3v) is 3.57. The molecule has 0 atom stereocenters. The summed E-state index contributed by atoms with van der Waals surface area (Å²) >= 11 is 5.54. The predicted molar refractivity (Wildman–Crippen MR) is 81.8 cm³/mol. The van der Waals surface area contributed by atoms with Crippen LogP contribution in [0, 0.1) is 11.6 Å². The highest BCUT2D eigenvalue weighted by atomic mass is 35.5. The molecule has 0 fully saturated rings. The number of benzene rings is 2. The van der Waals surface area contributed by atoms with Gasteiger partial charge in [0.15, 0.2) is 5.82 Å². The van der Waals surface area contributed by atoms with Crippen LogP contribution in [0.15, 0.2) is 30.3 Å². The summed E-state index contributed by atoms with van der Waals surface area (Å²) in [6, 6.07) is 7.50. The van der Waals surface area contributed by atoms with Gasteiger partial charge in [0.2, 0.25) is 0 Å². The van der Waals surface area contributed by atoms with Crippen LogP contribution in [0.1, 0.15) is 18.1 Å². The molecule has 0 amide bonds. The molecule has 22 heavy (non-hydrogen) atoms. The molecule has 116 valence electrons. The molecule has 3 nitrogen and oxygen atoms in total. The van der Waals surface area contributed by atoms with E-state index in [0.29, 0.717) is 11.3 Å². The first kappa shape index (κ1) is 16.2. The maximum atomic E-state index is 13.9. The Morgan fingerprint density at radius 3 is 2.55 bits per heavy atom. The Kier molecular flexibility index (Phi) is 4.98. The van der Waals surface area contributed by atoms with Crippen LogP contribution in [-0.4, -0.2) is 11.1 Å². The van der Waals surface area contributed by atoms with Crippen LogP contribution >= 0.6 is 11.6 Å².